The van der Waals surface area contributed by atoms with Crippen molar-refractivity contribution in [3.8, 4) is 10.6 Å². The molecule has 8 heteroatoms. The zero-order valence-corrected chi connectivity index (χ0v) is 17.2. The van der Waals surface area contributed by atoms with Crippen LogP contribution in [-0.2, 0) is 24.2 Å². The van der Waals surface area contributed by atoms with E-state index in [2.05, 4.69) is 29.0 Å². The van der Waals surface area contributed by atoms with Gasteiger partial charge in [0.05, 0.1) is 12.2 Å². The number of aryl methyl sites for hydroxylation is 1. The molecular weight excluding hydrogens is 372 g/mol. The third kappa shape index (κ3) is 3.69. The Morgan fingerprint density at radius 2 is 2.14 bits per heavy atom. The van der Waals surface area contributed by atoms with Crippen LogP contribution in [0.1, 0.15) is 42.7 Å². The lowest BCUT2D eigenvalue weighted by atomic mass is 9.90. The van der Waals surface area contributed by atoms with Crippen molar-refractivity contribution in [2.24, 2.45) is 5.92 Å². The predicted octanol–water partition coefficient (Wildman–Crippen LogP) is 3.14. The Hall–Kier alpha value is -2.61. The molecule has 7 nitrogen and oxygen atoms in total. The summed E-state index contributed by atoms with van der Waals surface area (Å²) in [6.07, 6.45) is 7.77. The summed E-state index contributed by atoms with van der Waals surface area (Å²) in [6.45, 7) is 4.64. The number of thiazole rings is 1. The average Bonchev–Trinajstić information content (AvgIpc) is 3.34. The SMILES string of the molecule is CC(C)n1cnnc1CN(C)C(=O)C1CCc2sc(-c3ccncc3)nc2C1. The number of carbonyl (C=O) groups excluding carboxylic acids is 1. The highest BCUT2D eigenvalue weighted by atomic mass is 32.1. The first-order valence-corrected chi connectivity index (χ1v) is 10.4. The second-order valence-electron chi connectivity index (χ2n) is 7.51. The number of hydrogen-bond donors (Lipinski definition) is 0. The van der Waals surface area contributed by atoms with E-state index in [1.807, 2.05) is 23.7 Å². The molecule has 3 heterocycles. The third-order valence-electron chi connectivity index (χ3n) is 5.17. The summed E-state index contributed by atoms with van der Waals surface area (Å²) < 4.78 is 2.00. The number of amides is 1. The minimum absolute atomic E-state index is 0.0275. The number of carbonyl (C=O) groups is 1. The molecule has 1 aliphatic rings. The monoisotopic (exact) mass is 396 g/mol. The number of rotatable bonds is 5. The van der Waals surface area contributed by atoms with Crippen molar-refractivity contribution in [3.63, 3.8) is 0 Å². The van der Waals surface area contributed by atoms with E-state index < -0.39 is 0 Å². The highest BCUT2D eigenvalue weighted by molar-refractivity contribution is 7.15. The van der Waals surface area contributed by atoms with Crippen molar-refractivity contribution >= 4 is 17.2 Å². The Kier molecular flexibility index (Phi) is 5.21. The molecule has 3 aromatic rings. The molecule has 0 saturated carbocycles. The largest absolute Gasteiger partial charge is 0.338 e. The third-order valence-corrected chi connectivity index (χ3v) is 6.38. The van der Waals surface area contributed by atoms with Crippen molar-refractivity contribution in [2.45, 2.75) is 45.7 Å². The highest BCUT2D eigenvalue weighted by Gasteiger charge is 2.30. The highest BCUT2D eigenvalue weighted by Crippen LogP contribution is 2.34. The van der Waals surface area contributed by atoms with Gasteiger partial charge < -0.3 is 9.47 Å². The Labute approximate surface area is 168 Å². The zero-order valence-electron chi connectivity index (χ0n) is 16.4. The first-order chi connectivity index (χ1) is 13.5. The number of fused-ring (bicyclic) bond motifs is 1. The lowest BCUT2D eigenvalue weighted by Gasteiger charge is -2.26. The summed E-state index contributed by atoms with van der Waals surface area (Å²) in [6, 6.07) is 4.23. The predicted molar refractivity (Wildman–Crippen MR) is 108 cm³/mol. The van der Waals surface area contributed by atoms with Crippen LogP contribution in [0.3, 0.4) is 0 Å². The normalized spacial score (nSPS) is 16.2. The van der Waals surface area contributed by atoms with E-state index in [1.165, 1.54) is 4.88 Å². The molecule has 0 aliphatic heterocycles. The molecule has 4 rings (SSSR count). The lowest BCUT2D eigenvalue weighted by molar-refractivity contribution is -0.135. The number of pyridine rings is 1. The molecule has 0 fully saturated rings. The summed E-state index contributed by atoms with van der Waals surface area (Å²) in [5.74, 6) is 0.943. The summed E-state index contributed by atoms with van der Waals surface area (Å²) in [4.78, 5) is 25.0. The topological polar surface area (TPSA) is 76.8 Å². The molecule has 0 bridgehead atoms. The summed E-state index contributed by atoms with van der Waals surface area (Å²) in [7, 11) is 1.85. The van der Waals surface area contributed by atoms with Crippen LogP contribution < -0.4 is 0 Å². The molecule has 28 heavy (non-hydrogen) atoms. The van der Waals surface area contributed by atoms with Gasteiger partial charge in [-0.15, -0.1) is 21.5 Å². The van der Waals surface area contributed by atoms with Gasteiger partial charge in [0.1, 0.15) is 11.3 Å². The smallest absolute Gasteiger partial charge is 0.226 e. The van der Waals surface area contributed by atoms with Crippen molar-refractivity contribution in [3.05, 3.63) is 47.2 Å². The summed E-state index contributed by atoms with van der Waals surface area (Å²) in [5.41, 5.74) is 2.16. The van der Waals surface area contributed by atoms with Gasteiger partial charge in [0, 0.05) is 48.3 Å². The molecule has 1 aliphatic carbocycles. The molecule has 0 saturated heterocycles. The minimum atomic E-state index is -0.0275. The fraction of sp³-hybridized carbons (Fsp3) is 0.450. The first kappa shape index (κ1) is 18.7. The van der Waals surface area contributed by atoms with Crippen molar-refractivity contribution < 1.29 is 4.79 Å². The molecule has 146 valence electrons. The first-order valence-electron chi connectivity index (χ1n) is 9.55. The second kappa shape index (κ2) is 7.79. The maximum atomic E-state index is 13.0. The van der Waals surface area contributed by atoms with E-state index in [0.29, 0.717) is 13.0 Å². The minimum Gasteiger partial charge on any atom is -0.338 e. The van der Waals surface area contributed by atoms with Gasteiger partial charge in [0.15, 0.2) is 5.82 Å². The quantitative estimate of drug-likeness (QED) is 0.662. The van der Waals surface area contributed by atoms with E-state index in [1.54, 1.807) is 35.0 Å². The molecule has 1 amide bonds. The Morgan fingerprint density at radius 1 is 1.36 bits per heavy atom. The van der Waals surface area contributed by atoms with Gasteiger partial charge in [0.25, 0.3) is 0 Å². The van der Waals surface area contributed by atoms with Gasteiger partial charge in [-0.1, -0.05) is 0 Å². The second-order valence-corrected chi connectivity index (χ2v) is 8.59. The average molecular weight is 397 g/mol. The number of nitrogens with zero attached hydrogens (tertiary/aromatic N) is 6. The van der Waals surface area contributed by atoms with Crippen LogP contribution in [0, 0.1) is 5.92 Å². The molecule has 1 unspecified atom stereocenters. The standard InChI is InChI=1S/C20H24N6OS/c1-13(2)26-12-22-24-18(26)11-25(3)20(27)15-4-5-17-16(10-15)23-19(28-17)14-6-8-21-9-7-14/h6-9,12-13,15H,4-5,10-11H2,1-3H3. The fourth-order valence-corrected chi connectivity index (χ4v) is 4.73. The van der Waals surface area contributed by atoms with E-state index >= 15 is 0 Å². The van der Waals surface area contributed by atoms with Gasteiger partial charge in [0.2, 0.25) is 5.91 Å². The molecule has 1 atom stereocenters. The molecule has 0 radical (unpaired) electrons. The molecule has 0 aromatic carbocycles. The van der Waals surface area contributed by atoms with Gasteiger partial charge in [-0.25, -0.2) is 4.98 Å². The lowest BCUT2D eigenvalue weighted by Crippen LogP contribution is -2.36. The Morgan fingerprint density at radius 3 is 2.89 bits per heavy atom. The molecule has 3 aromatic heterocycles. The van der Waals surface area contributed by atoms with Crippen LogP contribution in [0.15, 0.2) is 30.9 Å². The Bertz CT molecular complexity index is 964. The fourth-order valence-electron chi connectivity index (χ4n) is 3.62. The molecule has 0 N–H and O–H groups in total. The van der Waals surface area contributed by atoms with Gasteiger partial charge in [-0.2, -0.15) is 0 Å². The van der Waals surface area contributed by atoms with Gasteiger partial charge in [-0.05, 0) is 38.8 Å². The van der Waals surface area contributed by atoms with Crippen LogP contribution >= 0.6 is 11.3 Å². The number of hydrogen-bond acceptors (Lipinski definition) is 6. The summed E-state index contributed by atoms with van der Waals surface area (Å²) >= 11 is 1.73. The van der Waals surface area contributed by atoms with Crippen molar-refractivity contribution in [1.82, 2.24) is 29.6 Å². The summed E-state index contributed by atoms with van der Waals surface area (Å²) in [5, 5.41) is 9.19. The van der Waals surface area contributed by atoms with Crippen LogP contribution in [0.4, 0.5) is 0 Å². The number of aromatic nitrogens is 5. The molecule has 0 spiro atoms. The van der Waals surface area contributed by atoms with Crippen LogP contribution in [0.25, 0.3) is 10.6 Å². The van der Waals surface area contributed by atoms with E-state index in [0.717, 1.165) is 34.9 Å². The van der Waals surface area contributed by atoms with Crippen molar-refractivity contribution in [2.75, 3.05) is 7.05 Å². The maximum Gasteiger partial charge on any atom is 0.226 e. The Balaban J connectivity index is 1.45. The van der Waals surface area contributed by atoms with Crippen LogP contribution in [-0.4, -0.2) is 42.6 Å². The van der Waals surface area contributed by atoms with E-state index in [-0.39, 0.29) is 17.9 Å². The zero-order chi connectivity index (χ0) is 19.7. The van der Waals surface area contributed by atoms with Gasteiger partial charge >= 0.3 is 0 Å². The maximum absolute atomic E-state index is 13.0. The van der Waals surface area contributed by atoms with Crippen LogP contribution in [0.2, 0.25) is 0 Å². The molecular formula is C20H24N6OS. The van der Waals surface area contributed by atoms with Gasteiger partial charge in [-0.3, -0.25) is 9.78 Å². The van der Waals surface area contributed by atoms with E-state index in [9.17, 15) is 4.79 Å². The van der Waals surface area contributed by atoms with Crippen molar-refractivity contribution in [1.29, 1.82) is 0 Å². The van der Waals surface area contributed by atoms with E-state index in [4.69, 9.17) is 4.98 Å². The van der Waals surface area contributed by atoms with Crippen LogP contribution in [0.5, 0.6) is 0 Å².